The summed E-state index contributed by atoms with van der Waals surface area (Å²) in [5.41, 5.74) is 6.24. The smallest absolute Gasteiger partial charge is 0.291 e. The molecule has 2 aromatic heterocycles. The number of carbonyl (C=O) groups excluding carboxylic acids is 1. The van der Waals surface area contributed by atoms with Gasteiger partial charge in [0, 0.05) is 28.9 Å². The summed E-state index contributed by atoms with van der Waals surface area (Å²) in [6.45, 7) is 6.88. The molecule has 1 fully saturated rings. The van der Waals surface area contributed by atoms with E-state index in [1.807, 2.05) is 24.3 Å². The van der Waals surface area contributed by atoms with Crippen molar-refractivity contribution in [1.29, 1.82) is 0 Å². The molecule has 0 radical (unpaired) electrons. The second-order valence-corrected chi connectivity index (χ2v) is 9.40. The third kappa shape index (κ3) is 3.94. The van der Waals surface area contributed by atoms with Gasteiger partial charge in [0.1, 0.15) is 12.1 Å². The number of hydrogen-bond acceptors (Lipinski definition) is 3. The van der Waals surface area contributed by atoms with Crippen molar-refractivity contribution in [3.8, 4) is 0 Å². The lowest BCUT2D eigenvalue weighted by atomic mass is 10.00. The summed E-state index contributed by atoms with van der Waals surface area (Å²) in [6.07, 6.45) is 6.04. The Kier molecular flexibility index (Phi) is 5.52. The third-order valence-electron chi connectivity index (χ3n) is 6.94. The number of nitrogens with one attached hydrogen (secondary N) is 1. The quantitative estimate of drug-likeness (QED) is 0.499. The number of carbonyl (C=O) groups is 1. The maximum absolute atomic E-state index is 13.6. The summed E-state index contributed by atoms with van der Waals surface area (Å²) in [5, 5.41) is 9.25. The first-order valence-corrected chi connectivity index (χ1v) is 11.8. The van der Waals surface area contributed by atoms with Crippen LogP contribution in [0.3, 0.4) is 0 Å². The van der Waals surface area contributed by atoms with E-state index < -0.39 is 0 Å². The van der Waals surface area contributed by atoms with Crippen LogP contribution in [-0.4, -0.2) is 26.3 Å². The maximum Gasteiger partial charge on any atom is 0.291 e. The van der Waals surface area contributed by atoms with E-state index in [0.29, 0.717) is 12.1 Å². The predicted octanol–water partition coefficient (Wildman–Crippen LogP) is 4.38. The molecule has 5 rings (SSSR count). The van der Waals surface area contributed by atoms with Crippen LogP contribution in [0.4, 0.5) is 0 Å². The number of nitrogens with zero attached hydrogens (tertiary/aromatic N) is 3. The zero-order valence-corrected chi connectivity index (χ0v) is 19.5. The van der Waals surface area contributed by atoms with Gasteiger partial charge >= 0.3 is 0 Å². The highest BCUT2D eigenvalue weighted by Gasteiger charge is 2.20. The van der Waals surface area contributed by atoms with Gasteiger partial charge in [-0.3, -0.25) is 9.59 Å². The van der Waals surface area contributed by atoms with Crippen LogP contribution < -0.4 is 10.9 Å². The van der Waals surface area contributed by atoms with Crippen LogP contribution in [0.2, 0.25) is 0 Å². The van der Waals surface area contributed by atoms with E-state index in [1.54, 1.807) is 6.20 Å². The minimum Gasteiger partial charge on any atom is -0.352 e. The highest BCUT2D eigenvalue weighted by atomic mass is 16.2. The number of amides is 1. The topological polar surface area (TPSA) is 68.9 Å². The molecule has 0 unspecified atom stereocenters. The van der Waals surface area contributed by atoms with Gasteiger partial charge in [0.2, 0.25) is 5.91 Å². The second kappa shape index (κ2) is 8.50. The minimum atomic E-state index is -0.229. The van der Waals surface area contributed by atoms with Crippen LogP contribution in [-0.2, 0) is 17.9 Å². The maximum atomic E-state index is 13.6. The minimum absolute atomic E-state index is 0.0601. The van der Waals surface area contributed by atoms with Gasteiger partial charge < -0.3 is 9.88 Å². The Balaban J connectivity index is 1.60. The Labute approximate surface area is 193 Å². The standard InChI is InChI=1S/C27H30N4O2/c1-17-12-18(2)23(19(3)13-17)15-30-24-11-7-6-10-21(24)22-14-28-31(27(33)26(22)30)16-25(32)29-20-8-4-5-9-20/h6-7,10-14,20H,4-5,8-9,15-16H2,1-3H3,(H,29,32). The Morgan fingerprint density at radius 1 is 1.06 bits per heavy atom. The lowest BCUT2D eigenvalue weighted by molar-refractivity contribution is -0.122. The van der Waals surface area contributed by atoms with Crippen molar-refractivity contribution < 1.29 is 4.79 Å². The van der Waals surface area contributed by atoms with E-state index in [2.05, 4.69) is 47.9 Å². The molecule has 1 aliphatic rings. The van der Waals surface area contributed by atoms with Gasteiger partial charge in [-0.2, -0.15) is 5.10 Å². The second-order valence-electron chi connectivity index (χ2n) is 9.40. The average molecular weight is 443 g/mol. The summed E-state index contributed by atoms with van der Waals surface area (Å²) in [7, 11) is 0. The van der Waals surface area contributed by atoms with Crippen LogP contribution >= 0.6 is 0 Å². The SMILES string of the molecule is Cc1cc(C)c(Cn2c3ccccc3c3cnn(CC(=O)NC4CCCC4)c(=O)c32)c(C)c1. The van der Waals surface area contributed by atoms with E-state index >= 15 is 0 Å². The summed E-state index contributed by atoms with van der Waals surface area (Å²) in [6, 6.07) is 12.6. The lowest BCUT2D eigenvalue weighted by Crippen LogP contribution is -2.38. The molecule has 0 bridgehead atoms. The largest absolute Gasteiger partial charge is 0.352 e. The number of rotatable bonds is 5. The molecular weight excluding hydrogens is 412 g/mol. The zero-order valence-electron chi connectivity index (χ0n) is 19.5. The molecule has 1 N–H and O–H groups in total. The molecule has 0 atom stereocenters. The van der Waals surface area contributed by atoms with E-state index in [0.717, 1.165) is 42.0 Å². The summed E-state index contributed by atoms with van der Waals surface area (Å²) >= 11 is 0. The van der Waals surface area contributed by atoms with Crippen LogP contribution in [0, 0.1) is 20.8 Å². The summed E-state index contributed by atoms with van der Waals surface area (Å²) in [5.74, 6) is -0.149. The molecule has 0 saturated heterocycles. The number of hydrogen-bond donors (Lipinski definition) is 1. The van der Waals surface area contributed by atoms with E-state index in [9.17, 15) is 9.59 Å². The molecule has 33 heavy (non-hydrogen) atoms. The first-order valence-electron chi connectivity index (χ1n) is 11.8. The predicted molar refractivity (Wildman–Crippen MR) is 132 cm³/mol. The Morgan fingerprint density at radius 3 is 2.48 bits per heavy atom. The van der Waals surface area contributed by atoms with Crippen molar-refractivity contribution in [3.05, 3.63) is 75.2 Å². The zero-order chi connectivity index (χ0) is 23.1. The number of aryl methyl sites for hydroxylation is 3. The van der Waals surface area contributed by atoms with Gasteiger partial charge in [0.15, 0.2) is 0 Å². The van der Waals surface area contributed by atoms with Gasteiger partial charge in [0.25, 0.3) is 5.56 Å². The first-order chi connectivity index (χ1) is 15.9. The molecular formula is C27H30N4O2. The molecule has 6 nitrogen and oxygen atoms in total. The molecule has 6 heteroatoms. The van der Waals surface area contributed by atoms with Gasteiger partial charge in [-0.25, -0.2) is 4.68 Å². The molecule has 0 aliphatic heterocycles. The third-order valence-corrected chi connectivity index (χ3v) is 6.94. The van der Waals surface area contributed by atoms with Gasteiger partial charge in [-0.05, 0) is 56.4 Å². The Hall–Kier alpha value is -3.41. The molecule has 1 amide bonds. The van der Waals surface area contributed by atoms with Crippen molar-refractivity contribution in [2.24, 2.45) is 0 Å². The molecule has 4 aromatic rings. The van der Waals surface area contributed by atoms with Gasteiger partial charge in [-0.15, -0.1) is 0 Å². The van der Waals surface area contributed by atoms with E-state index in [4.69, 9.17) is 0 Å². The number of para-hydroxylation sites is 1. The number of benzene rings is 2. The average Bonchev–Trinajstić information content (AvgIpc) is 3.39. The van der Waals surface area contributed by atoms with Crippen molar-refractivity contribution in [2.75, 3.05) is 0 Å². The Morgan fingerprint density at radius 2 is 1.76 bits per heavy atom. The molecule has 0 spiro atoms. The van der Waals surface area contributed by atoms with E-state index in [-0.39, 0.29) is 24.1 Å². The molecule has 1 aliphatic carbocycles. The fourth-order valence-corrected chi connectivity index (χ4v) is 5.37. The molecule has 2 aromatic carbocycles. The van der Waals surface area contributed by atoms with Crippen molar-refractivity contribution in [3.63, 3.8) is 0 Å². The van der Waals surface area contributed by atoms with Crippen LogP contribution in [0.15, 0.2) is 47.4 Å². The van der Waals surface area contributed by atoms with Crippen LogP contribution in [0.1, 0.15) is 47.9 Å². The number of aromatic nitrogens is 3. The van der Waals surface area contributed by atoms with Crippen LogP contribution in [0.25, 0.3) is 21.8 Å². The van der Waals surface area contributed by atoms with Crippen LogP contribution in [0.5, 0.6) is 0 Å². The number of fused-ring (bicyclic) bond motifs is 3. The van der Waals surface area contributed by atoms with E-state index in [1.165, 1.54) is 26.9 Å². The van der Waals surface area contributed by atoms with Gasteiger partial charge in [0.05, 0.1) is 6.20 Å². The van der Waals surface area contributed by atoms with Crippen molar-refractivity contribution in [2.45, 2.75) is 65.6 Å². The monoisotopic (exact) mass is 442 g/mol. The highest BCUT2D eigenvalue weighted by Crippen LogP contribution is 2.28. The summed E-state index contributed by atoms with van der Waals surface area (Å²) < 4.78 is 3.39. The lowest BCUT2D eigenvalue weighted by Gasteiger charge is -2.15. The van der Waals surface area contributed by atoms with Crippen molar-refractivity contribution >= 4 is 27.7 Å². The van der Waals surface area contributed by atoms with Crippen molar-refractivity contribution in [1.82, 2.24) is 19.7 Å². The summed E-state index contributed by atoms with van der Waals surface area (Å²) in [4.78, 5) is 26.2. The van der Waals surface area contributed by atoms with Gasteiger partial charge in [-0.1, -0.05) is 48.7 Å². The highest BCUT2D eigenvalue weighted by molar-refractivity contribution is 6.07. The molecule has 170 valence electrons. The first kappa shape index (κ1) is 21.4. The normalized spacial score (nSPS) is 14.4. The Bertz CT molecular complexity index is 1400. The fourth-order valence-electron chi connectivity index (χ4n) is 5.37. The molecule has 1 saturated carbocycles. The fraction of sp³-hybridized carbons (Fsp3) is 0.370. The molecule has 2 heterocycles.